The average Bonchev–Trinajstić information content (AvgIpc) is 3.00. The molecule has 1 saturated carbocycles. The number of thiophene rings is 1. The average molecular weight is 253 g/mol. The lowest BCUT2D eigenvalue weighted by Crippen LogP contribution is -2.25. The maximum atomic E-state index is 10.3. The van der Waals surface area contributed by atoms with Crippen molar-refractivity contribution >= 4 is 11.3 Å². The molecule has 1 fully saturated rings. The highest BCUT2D eigenvalue weighted by atomic mass is 32.1. The van der Waals surface area contributed by atoms with Gasteiger partial charge in [0.1, 0.15) is 0 Å². The zero-order valence-electron chi connectivity index (χ0n) is 10.3. The van der Waals surface area contributed by atoms with Crippen molar-refractivity contribution in [2.75, 3.05) is 6.54 Å². The van der Waals surface area contributed by atoms with Crippen LogP contribution in [0.25, 0.3) is 0 Å². The minimum absolute atomic E-state index is 0.136. The maximum Gasteiger partial charge on any atom is 0.0628 e. The fourth-order valence-electron chi connectivity index (χ4n) is 2.87. The van der Waals surface area contributed by atoms with Crippen LogP contribution in [0.3, 0.4) is 0 Å². The van der Waals surface area contributed by atoms with Crippen molar-refractivity contribution < 1.29 is 5.11 Å². The molecule has 0 aliphatic heterocycles. The van der Waals surface area contributed by atoms with E-state index in [1.54, 1.807) is 11.3 Å². The van der Waals surface area contributed by atoms with Gasteiger partial charge in [0.25, 0.3) is 0 Å². The van der Waals surface area contributed by atoms with Gasteiger partial charge in [0.2, 0.25) is 0 Å². The summed E-state index contributed by atoms with van der Waals surface area (Å²) in [5, 5.41) is 12.3. The number of aliphatic hydroxyl groups is 1. The van der Waals surface area contributed by atoms with Crippen LogP contribution in [0.15, 0.2) is 17.5 Å². The Labute approximate surface area is 108 Å². The number of hydrogen-bond donors (Lipinski definition) is 2. The van der Waals surface area contributed by atoms with Crippen LogP contribution in [-0.4, -0.2) is 17.8 Å². The van der Waals surface area contributed by atoms with Gasteiger partial charge in [0.15, 0.2) is 0 Å². The van der Waals surface area contributed by atoms with Crippen molar-refractivity contribution in [2.24, 2.45) is 11.7 Å². The molecule has 1 aliphatic carbocycles. The van der Waals surface area contributed by atoms with E-state index < -0.39 is 0 Å². The molecule has 0 radical (unpaired) electrons. The van der Waals surface area contributed by atoms with Crippen molar-refractivity contribution in [3.63, 3.8) is 0 Å². The second kappa shape index (κ2) is 6.53. The van der Waals surface area contributed by atoms with E-state index in [1.165, 1.54) is 37.0 Å². The molecule has 17 heavy (non-hydrogen) atoms. The van der Waals surface area contributed by atoms with Gasteiger partial charge >= 0.3 is 0 Å². The molecule has 1 aliphatic rings. The van der Waals surface area contributed by atoms with Crippen molar-refractivity contribution in [3.05, 3.63) is 22.4 Å². The predicted molar refractivity (Wildman–Crippen MR) is 73.3 cm³/mol. The third-order valence-electron chi connectivity index (χ3n) is 3.97. The normalized spacial score (nSPS) is 20.6. The second-order valence-corrected chi connectivity index (χ2v) is 6.13. The van der Waals surface area contributed by atoms with Gasteiger partial charge < -0.3 is 10.8 Å². The van der Waals surface area contributed by atoms with Crippen LogP contribution in [0.1, 0.15) is 49.3 Å². The fourth-order valence-corrected chi connectivity index (χ4v) is 3.77. The molecule has 96 valence electrons. The molecule has 3 heteroatoms. The van der Waals surface area contributed by atoms with Crippen molar-refractivity contribution in [2.45, 2.75) is 50.5 Å². The molecule has 3 N–H and O–H groups in total. The molecule has 0 bridgehead atoms. The summed E-state index contributed by atoms with van der Waals surface area (Å²) in [6, 6.07) is 4.12. The third-order valence-corrected chi connectivity index (χ3v) is 4.98. The Morgan fingerprint density at radius 2 is 2.18 bits per heavy atom. The van der Waals surface area contributed by atoms with E-state index in [1.807, 2.05) is 6.07 Å². The summed E-state index contributed by atoms with van der Waals surface area (Å²) in [6.45, 7) is 0.548. The van der Waals surface area contributed by atoms with Gasteiger partial charge in [0, 0.05) is 17.3 Å². The molecule has 2 unspecified atom stereocenters. The Kier molecular flexibility index (Phi) is 5.01. The van der Waals surface area contributed by atoms with Crippen LogP contribution < -0.4 is 5.73 Å². The SMILES string of the molecule is NCC(c1cccs1)C(O)CCC1CCCC1. The summed E-state index contributed by atoms with van der Waals surface area (Å²) in [5.41, 5.74) is 5.80. The van der Waals surface area contributed by atoms with Gasteiger partial charge in [-0.25, -0.2) is 0 Å². The predicted octanol–water partition coefficient (Wildman–Crippen LogP) is 3.12. The minimum Gasteiger partial charge on any atom is -0.392 e. The van der Waals surface area contributed by atoms with Gasteiger partial charge in [-0.3, -0.25) is 0 Å². The molecular formula is C14H23NOS. The van der Waals surface area contributed by atoms with E-state index in [0.717, 1.165) is 12.3 Å². The van der Waals surface area contributed by atoms with Crippen LogP contribution in [0.4, 0.5) is 0 Å². The first kappa shape index (κ1) is 13.1. The molecule has 1 aromatic heterocycles. The summed E-state index contributed by atoms with van der Waals surface area (Å²) >= 11 is 1.70. The van der Waals surface area contributed by atoms with Gasteiger partial charge in [-0.15, -0.1) is 11.3 Å². The van der Waals surface area contributed by atoms with E-state index in [9.17, 15) is 5.11 Å². The smallest absolute Gasteiger partial charge is 0.0628 e. The van der Waals surface area contributed by atoms with Crippen LogP contribution in [0.2, 0.25) is 0 Å². The molecule has 0 saturated heterocycles. The number of hydrogen-bond acceptors (Lipinski definition) is 3. The monoisotopic (exact) mass is 253 g/mol. The zero-order chi connectivity index (χ0) is 12.1. The van der Waals surface area contributed by atoms with Crippen LogP contribution in [0, 0.1) is 5.92 Å². The summed E-state index contributed by atoms with van der Waals surface area (Å²) in [4.78, 5) is 1.23. The first-order valence-electron chi connectivity index (χ1n) is 6.72. The van der Waals surface area contributed by atoms with E-state index in [0.29, 0.717) is 6.54 Å². The zero-order valence-corrected chi connectivity index (χ0v) is 11.2. The largest absolute Gasteiger partial charge is 0.392 e. The summed E-state index contributed by atoms with van der Waals surface area (Å²) in [7, 11) is 0. The van der Waals surface area contributed by atoms with E-state index in [4.69, 9.17) is 5.73 Å². The molecule has 2 rings (SSSR count). The van der Waals surface area contributed by atoms with Gasteiger partial charge in [-0.1, -0.05) is 31.7 Å². The van der Waals surface area contributed by atoms with Gasteiger partial charge in [0.05, 0.1) is 6.10 Å². The number of nitrogens with two attached hydrogens (primary N) is 1. The number of aliphatic hydroxyl groups excluding tert-OH is 1. The Bertz CT molecular complexity index is 306. The van der Waals surface area contributed by atoms with Crippen LogP contribution >= 0.6 is 11.3 Å². The topological polar surface area (TPSA) is 46.2 Å². The summed E-state index contributed by atoms with van der Waals surface area (Å²) in [5.74, 6) is 0.989. The van der Waals surface area contributed by atoms with Crippen molar-refractivity contribution in [1.29, 1.82) is 0 Å². The molecule has 0 amide bonds. The standard InChI is InChI=1S/C14H23NOS/c15-10-12(14-6-3-9-17-14)13(16)8-7-11-4-1-2-5-11/h3,6,9,11-13,16H,1-2,4-5,7-8,10,15H2. The Balaban J connectivity index is 1.82. The molecule has 2 nitrogen and oxygen atoms in total. The first-order valence-corrected chi connectivity index (χ1v) is 7.60. The quantitative estimate of drug-likeness (QED) is 0.818. The Morgan fingerprint density at radius 1 is 1.41 bits per heavy atom. The molecule has 2 atom stereocenters. The number of rotatable bonds is 6. The second-order valence-electron chi connectivity index (χ2n) is 5.15. The van der Waals surface area contributed by atoms with Crippen molar-refractivity contribution in [3.8, 4) is 0 Å². The minimum atomic E-state index is -0.265. The lowest BCUT2D eigenvalue weighted by Gasteiger charge is -2.21. The van der Waals surface area contributed by atoms with Gasteiger partial charge in [-0.2, -0.15) is 0 Å². The molecule has 1 aromatic rings. The molecular weight excluding hydrogens is 230 g/mol. The molecule has 0 spiro atoms. The molecule has 0 aromatic carbocycles. The highest BCUT2D eigenvalue weighted by Crippen LogP contribution is 2.32. The Morgan fingerprint density at radius 3 is 2.76 bits per heavy atom. The fraction of sp³-hybridized carbons (Fsp3) is 0.714. The van der Waals surface area contributed by atoms with E-state index >= 15 is 0 Å². The maximum absolute atomic E-state index is 10.3. The highest BCUT2D eigenvalue weighted by Gasteiger charge is 2.23. The van der Waals surface area contributed by atoms with E-state index in [2.05, 4.69) is 11.4 Å². The van der Waals surface area contributed by atoms with Crippen molar-refractivity contribution in [1.82, 2.24) is 0 Å². The molecule has 1 heterocycles. The van der Waals surface area contributed by atoms with Gasteiger partial charge in [-0.05, 0) is 30.2 Å². The van der Waals surface area contributed by atoms with Crippen LogP contribution in [-0.2, 0) is 0 Å². The van der Waals surface area contributed by atoms with Crippen LogP contribution in [0.5, 0.6) is 0 Å². The third kappa shape index (κ3) is 3.54. The summed E-state index contributed by atoms with van der Waals surface area (Å²) in [6.07, 6.45) is 7.29. The summed E-state index contributed by atoms with van der Waals surface area (Å²) < 4.78 is 0. The highest BCUT2D eigenvalue weighted by molar-refractivity contribution is 7.10. The Hall–Kier alpha value is -0.380. The lowest BCUT2D eigenvalue weighted by molar-refractivity contribution is 0.128. The first-order chi connectivity index (χ1) is 8.31. The van der Waals surface area contributed by atoms with E-state index in [-0.39, 0.29) is 12.0 Å². The lowest BCUT2D eigenvalue weighted by atomic mass is 9.92.